The minimum Gasteiger partial charge on any atom is -0.468 e. The van der Waals surface area contributed by atoms with E-state index in [2.05, 4.69) is 31.1 Å². The zero-order chi connectivity index (χ0) is 8.74. The van der Waals surface area contributed by atoms with Crippen molar-refractivity contribution in [1.82, 2.24) is 0 Å². The van der Waals surface area contributed by atoms with Crippen LogP contribution in [-0.2, 0) is 4.12 Å². The van der Waals surface area contributed by atoms with Crippen molar-refractivity contribution in [1.29, 1.82) is 0 Å². The Morgan fingerprint density at radius 1 is 1.55 bits per heavy atom. The van der Waals surface area contributed by atoms with Crippen LogP contribution in [0.5, 0.6) is 0 Å². The molecule has 0 aliphatic rings. The van der Waals surface area contributed by atoms with Crippen LogP contribution in [0, 0.1) is 0 Å². The van der Waals surface area contributed by atoms with Crippen molar-refractivity contribution in [2.45, 2.75) is 18.6 Å². The third-order valence-electron chi connectivity index (χ3n) is 2.00. The molecule has 0 atom stereocenters. The first-order chi connectivity index (χ1) is 5.18. The molecule has 0 fully saturated rings. The van der Waals surface area contributed by atoms with Gasteiger partial charge in [0.2, 0.25) is 0 Å². The summed E-state index contributed by atoms with van der Waals surface area (Å²) in [6.07, 6.45) is 0. The van der Waals surface area contributed by atoms with Crippen molar-refractivity contribution in [2.75, 3.05) is 0 Å². The second-order valence-electron chi connectivity index (χ2n) is 3.01. The Bertz CT molecular complexity index is 128. The van der Waals surface area contributed by atoms with Gasteiger partial charge in [-0.2, -0.15) is 0 Å². The van der Waals surface area contributed by atoms with Crippen LogP contribution in [0.25, 0.3) is 0 Å². The predicted octanol–water partition coefficient (Wildman–Crippen LogP) is 0.314. The summed E-state index contributed by atoms with van der Waals surface area (Å²) in [4.78, 5) is 0. The summed E-state index contributed by atoms with van der Waals surface area (Å²) >= 11 is 0. The summed E-state index contributed by atoms with van der Waals surface area (Å²) in [5.41, 5.74) is 4.23. The van der Waals surface area contributed by atoms with Gasteiger partial charge in [0.25, 0.3) is 0 Å². The maximum Gasteiger partial charge on any atom is 0.145 e. The highest BCUT2D eigenvalue weighted by Gasteiger charge is 2.17. The van der Waals surface area contributed by atoms with Gasteiger partial charge in [-0.25, -0.2) is 0 Å². The molecule has 0 radical (unpaired) electrons. The fourth-order valence-electron chi connectivity index (χ4n) is 0.885. The van der Waals surface area contributed by atoms with Crippen LogP contribution in [0.2, 0.25) is 18.6 Å². The van der Waals surface area contributed by atoms with Crippen molar-refractivity contribution in [3.05, 3.63) is 24.6 Å². The first-order valence-corrected chi connectivity index (χ1v) is 9.20. The smallest absolute Gasteiger partial charge is 0.145 e. The first-order valence-electron chi connectivity index (χ1n) is 3.94. The van der Waals surface area contributed by atoms with Crippen LogP contribution < -0.4 is 0 Å². The van der Waals surface area contributed by atoms with E-state index in [4.69, 9.17) is 4.12 Å². The first kappa shape index (κ1) is 11.1. The van der Waals surface area contributed by atoms with E-state index in [1.54, 1.807) is 0 Å². The van der Waals surface area contributed by atoms with Gasteiger partial charge in [0.1, 0.15) is 20.2 Å². The standard InChI is InChI=1S/C7H18OSi3/c1-4-11(3,5-2)7-6-10-8-9/h4-5H,1-2,6-7,10H2,3,9H3. The predicted molar refractivity (Wildman–Crippen MR) is 61.2 cm³/mol. The highest BCUT2D eigenvalue weighted by Crippen LogP contribution is 2.14. The second-order valence-corrected chi connectivity index (χ2v) is 10.8. The summed E-state index contributed by atoms with van der Waals surface area (Å²) in [7, 11) is -0.494. The van der Waals surface area contributed by atoms with Gasteiger partial charge < -0.3 is 4.12 Å². The Labute approximate surface area is 76.0 Å². The minimum atomic E-state index is -1.24. The lowest BCUT2D eigenvalue weighted by Crippen LogP contribution is -2.24. The van der Waals surface area contributed by atoms with Crippen LogP contribution in [0.1, 0.15) is 0 Å². The molecule has 64 valence electrons. The molecular formula is C7H18OSi3. The highest BCUT2D eigenvalue weighted by molar-refractivity contribution is 6.88. The van der Waals surface area contributed by atoms with Crippen molar-refractivity contribution in [2.24, 2.45) is 0 Å². The molecule has 0 rings (SSSR count). The molecule has 0 heterocycles. The Balaban J connectivity index is 3.69. The zero-order valence-corrected chi connectivity index (χ0v) is 12.0. The molecule has 0 N–H and O–H groups in total. The van der Waals surface area contributed by atoms with Crippen molar-refractivity contribution >= 4 is 28.3 Å². The molecule has 0 aromatic carbocycles. The lowest BCUT2D eigenvalue weighted by molar-refractivity contribution is 0.662. The molecule has 0 aliphatic carbocycles. The Hall–Kier alpha value is 0.0906. The summed E-state index contributed by atoms with van der Waals surface area (Å²) in [6, 6.07) is 2.58. The van der Waals surface area contributed by atoms with Crippen LogP contribution >= 0.6 is 0 Å². The molecule has 0 bridgehead atoms. The van der Waals surface area contributed by atoms with E-state index in [-0.39, 0.29) is 9.76 Å². The molecular weight excluding hydrogens is 184 g/mol. The maximum atomic E-state index is 5.26. The van der Waals surface area contributed by atoms with Gasteiger partial charge in [-0.05, 0) is 6.04 Å². The van der Waals surface area contributed by atoms with Gasteiger partial charge in [0.15, 0.2) is 0 Å². The van der Waals surface area contributed by atoms with Gasteiger partial charge >= 0.3 is 0 Å². The molecule has 0 unspecified atom stereocenters. The van der Waals surface area contributed by atoms with Gasteiger partial charge in [0.05, 0.1) is 8.07 Å². The van der Waals surface area contributed by atoms with Gasteiger partial charge in [-0.15, -0.1) is 13.2 Å². The summed E-state index contributed by atoms with van der Waals surface area (Å²) in [5.74, 6) is 0. The molecule has 0 aromatic heterocycles. The van der Waals surface area contributed by atoms with Crippen molar-refractivity contribution in [3.8, 4) is 0 Å². The quantitative estimate of drug-likeness (QED) is 0.445. The van der Waals surface area contributed by atoms with Crippen LogP contribution in [0.4, 0.5) is 0 Å². The van der Waals surface area contributed by atoms with E-state index < -0.39 is 8.07 Å². The Morgan fingerprint density at radius 2 is 2.09 bits per heavy atom. The molecule has 11 heavy (non-hydrogen) atoms. The average Bonchev–Trinajstić information content (AvgIpc) is 2.05. The maximum absolute atomic E-state index is 5.26. The second kappa shape index (κ2) is 5.70. The fourth-order valence-corrected chi connectivity index (χ4v) is 6.24. The lowest BCUT2D eigenvalue weighted by Gasteiger charge is -2.17. The Morgan fingerprint density at radius 3 is 2.45 bits per heavy atom. The molecule has 0 saturated carbocycles. The van der Waals surface area contributed by atoms with Gasteiger partial charge in [-0.3, -0.25) is 0 Å². The Kier molecular flexibility index (Phi) is 5.75. The molecule has 0 aromatic rings. The van der Waals surface area contributed by atoms with Crippen LogP contribution in [-0.4, -0.2) is 28.3 Å². The van der Waals surface area contributed by atoms with E-state index in [1.807, 2.05) is 0 Å². The minimum absolute atomic E-state index is 0.176. The third kappa shape index (κ3) is 4.52. The summed E-state index contributed by atoms with van der Waals surface area (Å²) < 4.78 is 5.26. The normalized spacial score (nSPS) is 12.5. The number of hydrogen-bond donors (Lipinski definition) is 0. The van der Waals surface area contributed by atoms with Crippen LogP contribution in [0.3, 0.4) is 0 Å². The molecule has 0 amide bonds. The van der Waals surface area contributed by atoms with E-state index in [9.17, 15) is 0 Å². The van der Waals surface area contributed by atoms with Gasteiger partial charge in [0, 0.05) is 0 Å². The van der Waals surface area contributed by atoms with Crippen LogP contribution in [0.15, 0.2) is 24.6 Å². The molecule has 0 spiro atoms. The number of rotatable bonds is 6. The molecule has 1 nitrogen and oxygen atoms in total. The largest absolute Gasteiger partial charge is 0.468 e. The summed E-state index contributed by atoms with van der Waals surface area (Å²) in [6.45, 7) is 10.0. The van der Waals surface area contributed by atoms with Crippen molar-refractivity contribution in [3.63, 3.8) is 0 Å². The van der Waals surface area contributed by atoms with E-state index in [0.29, 0.717) is 0 Å². The third-order valence-corrected chi connectivity index (χ3v) is 8.28. The van der Waals surface area contributed by atoms with E-state index >= 15 is 0 Å². The lowest BCUT2D eigenvalue weighted by atomic mass is 10.9. The molecule has 0 saturated heterocycles. The average molecular weight is 202 g/mol. The zero-order valence-electron chi connectivity index (χ0n) is 7.60. The van der Waals surface area contributed by atoms with Gasteiger partial charge in [-0.1, -0.05) is 24.0 Å². The molecule has 0 aliphatic heterocycles. The topological polar surface area (TPSA) is 9.23 Å². The van der Waals surface area contributed by atoms with Crippen molar-refractivity contribution < 1.29 is 4.12 Å². The van der Waals surface area contributed by atoms with E-state index in [0.717, 1.165) is 10.5 Å². The fraction of sp³-hybridized carbons (Fsp3) is 0.429. The molecule has 4 heteroatoms. The SMILES string of the molecule is C=C[Si](C)(C=C)CC[SiH2]O[SiH3]. The van der Waals surface area contributed by atoms with E-state index in [1.165, 1.54) is 12.1 Å². The monoisotopic (exact) mass is 202 g/mol. The summed E-state index contributed by atoms with van der Waals surface area (Å²) in [5, 5.41) is 0. The number of hydrogen-bond acceptors (Lipinski definition) is 1. The highest BCUT2D eigenvalue weighted by atomic mass is 28.3.